The maximum atomic E-state index is 12.3. The zero-order valence-electron chi connectivity index (χ0n) is 15.8. The molecule has 1 saturated heterocycles. The Balaban J connectivity index is 2.11. The Bertz CT molecular complexity index is 562. The van der Waals surface area contributed by atoms with Crippen LogP contribution in [-0.2, 0) is 23.8 Å². The molecule has 0 aromatic carbocycles. The molecule has 1 heterocycles. The first-order valence-electron chi connectivity index (χ1n) is 9.39. The van der Waals surface area contributed by atoms with Crippen LogP contribution < -0.4 is 0 Å². The van der Waals surface area contributed by atoms with Crippen molar-refractivity contribution in [3.8, 4) is 0 Å². The third-order valence-electron chi connectivity index (χ3n) is 7.05. The molecule has 6 nitrogen and oxygen atoms in total. The molecule has 2 aliphatic carbocycles. The van der Waals surface area contributed by atoms with Gasteiger partial charge in [-0.3, -0.25) is 9.59 Å². The lowest BCUT2D eigenvalue weighted by molar-refractivity contribution is -0.215. The lowest BCUT2D eigenvalue weighted by Crippen LogP contribution is -2.61. The highest BCUT2D eigenvalue weighted by Crippen LogP contribution is 2.61. The van der Waals surface area contributed by atoms with Crippen LogP contribution >= 0.6 is 0 Å². The second-order valence-electron chi connectivity index (χ2n) is 8.17. The fourth-order valence-electron chi connectivity index (χ4n) is 5.64. The van der Waals surface area contributed by atoms with Crippen LogP contribution in [0.1, 0.15) is 53.9 Å². The number of carbonyl (C=O) groups is 2. The summed E-state index contributed by atoms with van der Waals surface area (Å²) < 4.78 is 17.3. The van der Waals surface area contributed by atoms with Crippen molar-refractivity contribution in [3.05, 3.63) is 0 Å². The van der Waals surface area contributed by atoms with Gasteiger partial charge in [-0.25, -0.2) is 0 Å². The lowest BCUT2D eigenvalue weighted by atomic mass is 9.64. The van der Waals surface area contributed by atoms with Crippen LogP contribution in [-0.4, -0.2) is 47.6 Å². The molecule has 0 unspecified atom stereocenters. The van der Waals surface area contributed by atoms with Gasteiger partial charge in [0.2, 0.25) is 0 Å². The second-order valence-corrected chi connectivity index (χ2v) is 8.17. The Kier molecular flexibility index (Phi) is 4.65. The summed E-state index contributed by atoms with van der Waals surface area (Å²) >= 11 is 0. The van der Waals surface area contributed by atoms with Crippen LogP contribution in [0, 0.1) is 23.2 Å². The van der Waals surface area contributed by atoms with Crippen molar-refractivity contribution in [1.29, 1.82) is 0 Å². The summed E-state index contributed by atoms with van der Waals surface area (Å²) in [5, 5.41) is 11.9. The van der Waals surface area contributed by atoms with Gasteiger partial charge in [0.05, 0.1) is 17.4 Å². The fraction of sp³-hybridized carbons (Fsp3) is 0.895. The van der Waals surface area contributed by atoms with Crippen molar-refractivity contribution in [2.24, 2.45) is 23.2 Å². The summed E-state index contributed by atoms with van der Waals surface area (Å²) in [6, 6.07) is 0. The van der Waals surface area contributed by atoms with Gasteiger partial charge in [0.25, 0.3) is 0 Å². The van der Waals surface area contributed by atoms with Crippen LogP contribution in [0.15, 0.2) is 0 Å². The van der Waals surface area contributed by atoms with E-state index in [0.29, 0.717) is 13.0 Å². The first kappa shape index (κ1) is 18.6. The first-order chi connectivity index (χ1) is 11.7. The monoisotopic (exact) mass is 354 g/mol. The molecule has 0 bridgehead atoms. The van der Waals surface area contributed by atoms with Crippen molar-refractivity contribution in [2.45, 2.75) is 77.8 Å². The van der Waals surface area contributed by atoms with Crippen LogP contribution in [0.5, 0.6) is 0 Å². The minimum atomic E-state index is -1.22. The molecule has 142 valence electrons. The Morgan fingerprint density at radius 3 is 2.60 bits per heavy atom. The van der Waals surface area contributed by atoms with Gasteiger partial charge in [-0.05, 0) is 32.6 Å². The third kappa shape index (κ3) is 2.44. The summed E-state index contributed by atoms with van der Waals surface area (Å²) in [7, 11) is 0. The maximum Gasteiger partial charge on any atom is 0.309 e. The average molecular weight is 354 g/mol. The Hall–Kier alpha value is -1.14. The molecule has 1 N–H and O–H groups in total. The summed E-state index contributed by atoms with van der Waals surface area (Å²) in [4.78, 5) is 24.0. The molecule has 0 amide bonds. The van der Waals surface area contributed by atoms with Crippen LogP contribution in [0.4, 0.5) is 0 Å². The Morgan fingerprint density at radius 1 is 1.32 bits per heavy atom. The van der Waals surface area contributed by atoms with E-state index < -0.39 is 35.3 Å². The summed E-state index contributed by atoms with van der Waals surface area (Å²) in [5.41, 5.74) is -2.10. The van der Waals surface area contributed by atoms with E-state index >= 15 is 0 Å². The zero-order valence-corrected chi connectivity index (χ0v) is 15.8. The summed E-state index contributed by atoms with van der Waals surface area (Å²) in [6.07, 6.45) is 0.542. The van der Waals surface area contributed by atoms with Gasteiger partial charge in [-0.2, -0.15) is 0 Å². The van der Waals surface area contributed by atoms with Crippen molar-refractivity contribution in [2.75, 3.05) is 6.61 Å². The fourth-order valence-corrected chi connectivity index (χ4v) is 5.64. The molecule has 1 aliphatic heterocycles. The van der Waals surface area contributed by atoms with E-state index in [1.807, 2.05) is 27.7 Å². The highest BCUT2D eigenvalue weighted by atomic mass is 16.6. The van der Waals surface area contributed by atoms with Gasteiger partial charge in [0.1, 0.15) is 17.8 Å². The van der Waals surface area contributed by atoms with Gasteiger partial charge < -0.3 is 19.3 Å². The Morgan fingerprint density at radius 2 is 2.00 bits per heavy atom. The molecular weight excluding hydrogens is 324 g/mol. The predicted octanol–water partition coefficient (Wildman–Crippen LogP) is 2.07. The average Bonchev–Trinajstić information content (AvgIpc) is 2.91. The van der Waals surface area contributed by atoms with E-state index in [1.54, 1.807) is 0 Å². The van der Waals surface area contributed by atoms with E-state index in [-0.39, 0.29) is 23.7 Å². The molecular formula is C19H30O6. The van der Waals surface area contributed by atoms with Gasteiger partial charge in [0, 0.05) is 25.9 Å². The highest BCUT2D eigenvalue weighted by Gasteiger charge is 2.73. The van der Waals surface area contributed by atoms with E-state index in [2.05, 4.69) is 0 Å². The van der Waals surface area contributed by atoms with Crippen LogP contribution in [0.2, 0.25) is 0 Å². The molecule has 2 saturated carbocycles. The van der Waals surface area contributed by atoms with Crippen LogP contribution in [0.25, 0.3) is 0 Å². The molecule has 3 aliphatic rings. The quantitative estimate of drug-likeness (QED) is 0.782. The maximum absolute atomic E-state index is 12.3. The third-order valence-corrected chi connectivity index (χ3v) is 7.05. The molecule has 25 heavy (non-hydrogen) atoms. The number of aliphatic hydroxyl groups is 1. The molecule has 6 heteroatoms. The first-order valence-corrected chi connectivity index (χ1v) is 9.39. The number of fused-ring (bicyclic) bond motifs is 3. The van der Waals surface area contributed by atoms with Crippen molar-refractivity contribution in [3.63, 3.8) is 0 Å². The topological polar surface area (TPSA) is 82.1 Å². The van der Waals surface area contributed by atoms with Crippen molar-refractivity contribution < 1.29 is 28.9 Å². The van der Waals surface area contributed by atoms with Gasteiger partial charge in [-0.15, -0.1) is 0 Å². The largest absolute Gasteiger partial charge is 0.462 e. The number of carbonyl (C=O) groups excluding carboxylic acids is 2. The molecule has 0 radical (unpaired) electrons. The molecule has 8 atom stereocenters. The normalized spacial score (nSPS) is 49.1. The van der Waals surface area contributed by atoms with E-state index in [0.717, 1.165) is 12.8 Å². The zero-order chi connectivity index (χ0) is 18.6. The minimum absolute atomic E-state index is 0.0207. The van der Waals surface area contributed by atoms with E-state index in [9.17, 15) is 14.7 Å². The SMILES string of the molecule is CCO[C@H]1C[C@H](OC(C)=O)[C@@]2(C)[C@@H]3OC(=O)[C@@H](C)[C@@H]3CC[C@H](C)[C@]12O. The number of rotatable bonds is 3. The predicted molar refractivity (Wildman–Crippen MR) is 89.6 cm³/mol. The summed E-state index contributed by atoms with van der Waals surface area (Å²) in [6.45, 7) is 9.55. The molecule has 0 aromatic rings. The smallest absolute Gasteiger partial charge is 0.309 e. The van der Waals surface area contributed by atoms with E-state index in [1.165, 1.54) is 6.92 Å². The number of ether oxygens (including phenoxy) is 3. The summed E-state index contributed by atoms with van der Waals surface area (Å²) in [5.74, 6) is -0.856. The number of hydrogen-bond donors (Lipinski definition) is 1. The highest BCUT2D eigenvalue weighted by molar-refractivity contribution is 5.75. The van der Waals surface area contributed by atoms with Gasteiger partial charge >= 0.3 is 11.9 Å². The molecule has 0 aromatic heterocycles. The van der Waals surface area contributed by atoms with E-state index in [4.69, 9.17) is 14.2 Å². The molecule has 0 spiro atoms. The standard InChI is InChI=1S/C19H30O6/c1-6-23-15-9-14(24-12(4)20)18(5)16-13(11(3)17(21)25-16)8-7-10(2)19(15,18)22/h10-11,13-16,22H,6-9H2,1-5H3/t10-,11-,13-,14-,15-,16+,18-,19-/m0/s1. The second kappa shape index (κ2) is 6.23. The van der Waals surface area contributed by atoms with Crippen molar-refractivity contribution in [1.82, 2.24) is 0 Å². The number of esters is 2. The van der Waals surface area contributed by atoms with Gasteiger partial charge in [0.15, 0.2) is 0 Å². The Labute approximate surface area is 149 Å². The number of hydrogen-bond acceptors (Lipinski definition) is 6. The van der Waals surface area contributed by atoms with Gasteiger partial charge in [-0.1, -0.05) is 13.8 Å². The van der Waals surface area contributed by atoms with Crippen LogP contribution in [0.3, 0.4) is 0 Å². The lowest BCUT2D eigenvalue weighted by Gasteiger charge is -2.48. The van der Waals surface area contributed by atoms with Crippen molar-refractivity contribution >= 4 is 11.9 Å². The molecule has 3 fully saturated rings. The molecule has 3 rings (SSSR count). The minimum Gasteiger partial charge on any atom is -0.462 e.